The van der Waals surface area contributed by atoms with Gasteiger partial charge in [-0.05, 0) is 25.0 Å². The van der Waals surface area contributed by atoms with E-state index in [-0.39, 0.29) is 5.90 Å². The van der Waals surface area contributed by atoms with Crippen molar-refractivity contribution in [3.63, 3.8) is 0 Å². The number of nitrogens with zero attached hydrogens (tertiary/aromatic N) is 1. The Balaban J connectivity index is 2.10. The van der Waals surface area contributed by atoms with Crippen molar-refractivity contribution in [1.29, 1.82) is 0 Å². The molecule has 3 rings (SSSR count). The number of phosphoric ester groups is 1. The zero-order chi connectivity index (χ0) is 17.4. The molecule has 0 spiro atoms. The van der Waals surface area contributed by atoms with E-state index in [0.717, 1.165) is 11.1 Å². The number of hydrogen-bond donors (Lipinski definition) is 2. The first-order valence-corrected chi connectivity index (χ1v) is 9.74. The van der Waals surface area contributed by atoms with E-state index in [0.29, 0.717) is 0 Å². The van der Waals surface area contributed by atoms with E-state index >= 15 is 0 Å². The third-order valence-corrected chi connectivity index (χ3v) is 5.92. The van der Waals surface area contributed by atoms with Crippen LogP contribution in [0.3, 0.4) is 0 Å². The van der Waals surface area contributed by atoms with Crippen LogP contribution in [0.5, 0.6) is 0 Å². The second kappa shape index (κ2) is 6.05. The lowest BCUT2D eigenvalue weighted by molar-refractivity contribution is 0.273. The Morgan fingerprint density at radius 1 is 0.958 bits per heavy atom. The summed E-state index contributed by atoms with van der Waals surface area (Å²) in [5.74, 6) is 0.0402. The molecule has 1 aliphatic heterocycles. The van der Waals surface area contributed by atoms with Crippen molar-refractivity contribution in [2.75, 3.05) is 0 Å². The summed E-state index contributed by atoms with van der Waals surface area (Å²) in [4.78, 5) is 22.5. The first-order valence-electron chi connectivity index (χ1n) is 7.40. The van der Waals surface area contributed by atoms with Gasteiger partial charge in [0.2, 0.25) is 5.90 Å². The van der Waals surface area contributed by atoms with Gasteiger partial charge < -0.3 is 4.52 Å². The van der Waals surface area contributed by atoms with Gasteiger partial charge >= 0.3 is 7.82 Å². The van der Waals surface area contributed by atoms with E-state index < -0.39 is 17.4 Å². The average molecular weight is 363 g/mol. The maximum Gasteiger partial charge on any atom is 0.525 e. The molecule has 2 aromatic carbocycles. The molecule has 0 fully saturated rings. The highest BCUT2D eigenvalue weighted by Crippen LogP contribution is 2.58. The van der Waals surface area contributed by atoms with Gasteiger partial charge in [-0.25, -0.2) is 9.56 Å². The monoisotopic (exact) mass is 363 g/mol. The van der Waals surface area contributed by atoms with Crippen LogP contribution in [0.2, 0.25) is 0 Å². The highest BCUT2D eigenvalue weighted by atomic mass is 32.2. The molecule has 2 N–H and O–H groups in total. The van der Waals surface area contributed by atoms with Gasteiger partial charge in [-0.3, -0.25) is 9.79 Å². The standard InChI is InChI=1S/C17H18NO4PS/c1-16(13-9-5-3-6-10-13)15(22-23(19,20)21)18-17(2,24-16)14-11-7-4-8-12-14/h3-12H,1-2H3,(H2,19,20,21). The molecule has 2 unspecified atom stereocenters. The van der Waals surface area contributed by atoms with Crippen LogP contribution >= 0.6 is 19.6 Å². The van der Waals surface area contributed by atoms with Gasteiger partial charge in [0.05, 0.1) is 0 Å². The zero-order valence-electron chi connectivity index (χ0n) is 13.3. The summed E-state index contributed by atoms with van der Waals surface area (Å²) in [6, 6.07) is 19.1. The van der Waals surface area contributed by atoms with Crippen LogP contribution < -0.4 is 0 Å². The van der Waals surface area contributed by atoms with Crippen molar-refractivity contribution in [1.82, 2.24) is 0 Å². The van der Waals surface area contributed by atoms with Crippen LogP contribution in [-0.4, -0.2) is 15.7 Å². The molecule has 1 aliphatic rings. The van der Waals surface area contributed by atoms with Crippen LogP contribution in [0, 0.1) is 0 Å². The molecule has 2 aromatic rings. The van der Waals surface area contributed by atoms with Crippen molar-refractivity contribution in [2.24, 2.45) is 4.99 Å². The van der Waals surface area contributed by atoms with Gasteiger partial charge in [0, 0.05) is 0 Å². The molecular formula is C17H18NO4PS. The summed E-state index contributed by atoms with van der Waals surface area (Å²) in [6.07, 6.45) is 0. The Hall–Kier alpha value is -1.59. The third-order valence-electron chi connectivity index (χ3n) is 3.97. The Morgan fingerprint density at radius 2 is 1.46 bits per heavy atom. The molecule has 0 radical (unpaired) electrons. The summed E-state index contributed by atoms with van der Waals surface area (Å²) >= 11 is 1.50. The van der Waals surface area contributed by atoms with Crippen molar-refractivity contribution in [3.05, 3.63) is 71.8 Å². The van der Waals surface area contributed by atoms with Crippen LogP contribution in [0.15, 0.2) is 65.7 Å². The molecule has 0 amide bonds. The van der Waals surface area contributed by atoms with Gasteiger partial charge in [0.1, 0.15) is 9.62 Å². The first-order chi connectivity index (χ1) is 11.2. The molecule has 0 saturated heterocycles. The lowest BCUT2D eigenvalue weighted by Gasteiger charge is -2.29. The molecule has 2 atom stereocenters. The van der Waals surface area contributed by atoms with Crippen LogP contribution in [0.25, 0.3) is 0 Å². The van der Waals surface area contributed by atoms with Gasteiger partial charge in [-0.1, -0.05) is 60.7 Å². The molecule has 0 aliphatic carbocycles. The molecular weight excluding hydrogens is 345 g/mol. The Morgan fingerprint density at radius 3 is 1.96 bits per heavy atom. The molecule has 7 heteroatoms. The van der Waals surface area contributed by atoms with Crippen molar-refractivity contribution in [3.8, 4) is 0 Å². The van der Waals surface area contributed by atoms with Crippen molar-refractivity contribution in [2.45, 2.75) is 23.5 Å². The van der Waals surface area contributed by atoms with Gasteiger partial charge in [-0.2, -0.15) is 0 Å². The SMILES string of the molecule is CC1(c2ccccc2)N=C(OP(=O)(O)O)C(C)(c2ccccc2)S1. The first kappa shape index (κ1) is 17.2. The summed E-state index contributed by atoms with van der Waals surface area (Å²) in [5.41, 5.74) is 1.82. The second-order valence-corrected chi connectivity index (χ2v) is 8.83. The smallest absolute Gasteiger partial charge is 0.388 e. The number of hydrogen-bond acceptors (Lipinski definition) is 4. The largest absolute Gasteiger partial charge is 0.525 e. The predicted octanol–water partition coefficient (Wildman–Crippen LogP) is 4.03. The quantitative estimate of drug-likeness (QED) is 0.805. The van der Waals surface area contributed by atoms with Gasteiger partial charge in [0.15, 0.2) is 0 Å². The summed E-state index contributed by atoms with van der Waals surface area (Å²) < 4.78 is 15.6. The van der Waals surface area contributed by atoms with E-state index in [4.69, 9.17) is 4.52 Å². The van der Waals surface area contributed by atoms with Crippen LogP contribution in [-0.2, 0) is 18.7 Å². The molecule has 126 valence electrons. The van der Waals surface area contributed by atoms with E-state index in [9.17, 15) is 14.4 Å². The second-order valence-electron chi connectivity index (χ2n) is 5.85. The highest BCUT2D eigenvalue weighted by molar-refractivity contribution is 8.02. The Kier molecular flexibility index (Phi) is 4.34. The number of benzene rings is 2. The Labute approximate surface area is 145 Å². The van der Waals surface area contributed by atoms with Gasteiger partial charge in [-0.15, -0.1) is 11.8 Å². The minimum absolute atomic E-state index is 0.0402. The minimum atomic E-state index is -4.71. The molecule has 0 aromatic heterocycles. The lowest BCUT2D eigenvalue weighted by atomic mass is 10.00. The molecule has 5 nitrogen and oxygen atoms in total. The number of aliphatic imine (C=N–C) groups is 1. The average Bonchev–Trinajstić information content (AvgIpc) is 2.80. The third kappa shape index (κ3) is 3.28. The fourth-order valence-corrected chi connectivity index (χ4v) is 4.91. The minimum Gasteiger partial charge on any atom is -0.388 e. The summed E-state index contributed by atoms with van der Waals surface area (Å²) in [6.45, 7) is 3.79. The zero-order valence-corrected chi connectivity index (χ0v) is 15.0. The number of rotatable bonds is 3. The molecule has 0 saturated carbocycles. The van der Waals surface area contributed by atoms with Crippen LogP contribution in [0.4, 0.5) is 0 Å². The normalized spacial score (nSPS) is 26.9. The van der Waals surface area contributed by atoms with E-state index in [1.807, 2.05) is 74.5 Å². The fraction of sp³-hybridized carbons (Fsp3) is 0.235. The number of phosphoric acid groups is 1. The Bertz CT molecular complexity index is 808. The predicted molar refractivity (Wildman–Crippen MR) is 95.7 cm³/mol. The molecule has 1 heterocycles. The van der Waals surface area contributed by atoms with Gasteiger partial charge in [0.25, 0.3) is 0 Å². The van der Waals surface area contributed by atoms with E-state index in [1.54, 1.807) is 0 Å². The molecule has 24 heavy (non-hydrogen) atoms. The van der Waals surface area contributed by atoms with Crippen molar-refractivity contribution < 1.29 is 18.9 Å². The fourth-order valence-electron chi connectivity index (χ4n) is 2.79. The van der Waals surface area contributed by atoms with E-state index in [2.05, 4.69) is 4.99 Å². The van der Waals surface area contributed by atoms with Crippen molar-refractivity contribution >= 4 is 25.5 Å². The highest BCUT2D eigenvalue weighted by Gasteiger charge is 2.51. The summed E-state index contributed by atoms with van der Waals surface area (Å²) in [5, 5.41) is 0. The number of thioether (sulfide) groups is 1. The topological polar surface area (TPSA) is 79.1 Å². The van der Waals surface area contributed by atoms with Crippen LogP contribution in [0.1, 0.15) is 25.0 Å². The maximum absolute atomic E-state index is 11.4. The van der Waals surface area contributed by atoms with E-state index in [1.165, 1.54) is 11.8 Å². The maximum atomic E-state index is 11.4. The molecule has 0 bridgehead atoms. The summed E-state index contributed by atoms with van der Waals surface area (Å²) in [7, 11) is -4.71. The lowest BCUT2D eigenvalue weighted by Crippen LogP contribution is -2.28.